The molecule has 0 fully saturated rings. The minimum atomic E-state index is -0.612. The van der Waals surface area contributed by atoms with Crippen LogP contribution in [0.4, 0.5) is 10.5 Å². The molecule has 0 saturated carbocycles. The van der Waals surface area contributed by atoms with Gasteiger partial charge in [-0.3, -0.25) is 4.79 Å². The summed E-state index contributed by atoms with van der Waals surface area (Å²) in [6, 6.07) is 14.3. The van der Waals surface area contributed by atoms with Gasteiger partial charge >= 0.3 is 6.03 Å². The summed E-state index contributed by atoms with van der Waals surface area (Å²) in [5.74, 6) is 0.605. The van der Waals surface area contributed by atoms with Crippen LogP contribution in [-0.4, -0.2) is 31.6 Å². The highest BCUT2D eigenvalue weighted by Gasteiger charge is 2.28. The number of nitrogens with zero attached hydrogens (tertiary/aromatic N) is 1. The molecule has 0 spiro atoms. The molecule has 6 heteroatoms. The molecule has 0 saturated heterocycles. The lowest BCUT2D eigenvalue weighted by Crippen LogP contribution is -2.49. The second-order valence-electron chi connectivity index (χ2n) is 6.23. The van der Waals surface area contributed by atoms with Crippen molar-refractivity contribution in [3.05, 3.63) is 59.7 Å². The Morgan fingerprint density at radius 1 is 1.15 bits per heavy atom. The van der Waals surface area contributed by atoms with E-state index in [1.54, 1.807) is 18.9 Å². The van der Waals surface area contributed by atoms with Gasteiger partial charge in [0.25, 0.3) is 0 Å². The van der Waals surface area contributed by atoms with Crippen molar-refractivity contribution in [2.75, 3.05) is 18.6 Å². The van der Waals surface area contributed by atoms with Gasteiger partial charge < -0.3 is 20.3 Å². The van der Waals surface area contributed by atoms with Crippen LogP contribution in [0, 0.1) is 0 Å². The lowest BCUT2D eigenvalue weighted by atomic mass is 10.2. The molecule has 2 aromatic rings. The molecular formula is C20H23N3O3. The Kier molecular flexibility index (Phi) is 5.41. The Morgan fingerprint density at radius 3 is 2.69 bits per heavy atom. The van der Waals surface area contributed by atoms with E-state index in [0.717, 1.165) is 23.2 Å². The van der Waals surface area contributed by atoms with Crippen LogP contribution in [0.2, 0.25) is 0 Å². The van der Waals surface area contributed by atoms with Crippen molar-refractivity contribution in [1.29, 1.82) is 0 Å². The van der Waals surface area contributed by atoms with Crippen molar-refractivity contribution in [2.24, 2.45) is 0 Å². The zero-order valence-corrected chi connectivity index (χ0v) is 15.0. The summed E-state index contributed by atoms with van der Waals surface area (Å²) in [4.78, 5) is 26.6. The van der Waals surface area contributed by atoms with Crippen LogP contribution < -0.4 is 20.3 Å². The smallest absolute Gasteiger partial charge is 0.315 e. The number of anilines is 1. The van der Waals surface area contributed by atoms with Crippen molar-refractivity contribution in [2.45, 2.75) is 25.9 Å². The molecule has 3 amide bonds. The van der Waals surface area contributed by atoms with Gasteiger partial charge in [-0.15, -0.1) is 0 Å². The Bertz CT molecular complexity index is 806. The van der Waals surface area contributed by atoms with Crippen molar-refractivity contribution in [1.82, 2.24) is 10.6 Å². The number of urea groups is 1. The number of benzene rings is 2. The summed E-state index contributed by atoms with van der Waals surface area (Å²) in [5, 5.41) is 5.48. The molecule has 1 aliphatic heterocycles. The zero-order chi connectivity index (χ0) is 18.5. The molecule has 0 bridgehead atoms. The summed E-state index contributed by atoms with van der Waals surface area (Å²) >= 11 is 0. The molecule has 2 N–H and O–H groups in total. The Labute approximate surface area is 153 Å². The molecule has 0 aromatic heterocycles. The third-order valence-electron chi connectivity index (χ3n) is 4.50. The van der Waals surface area contributed by atoms with Gasteiger partial charge in [0.05, 0.1) is 7.11 Å². The van der Waals surface area contributed by atoms with Crippen LogP contribution in [-0.2, 0) is 17.8 Å². The molecule has 1 aliphatic rings. The van der Waals surface area contributed by atoms with E-state index in [1.165, 1.54) is 0 Å². The summed E-state index contributed by atoms with van der Waals surface area (Å²) in [6.45, 7) is 2.67. The van der Waals surface area contributed by atoms with Gasteiger partial charge in [0.1, 0.15) is 11.8 Å². The fourth-order valence-electron chi connectivity index (χ4n) is 3.13. The van der Waals surface area contributed by atoms with E-state index in [-0.39, 0.29) is 11.9 Å². The van der Waals surface area contributed by atoms with Gasteiger partial charge in [-0.05, 0) is 31.0 Å². The summed E-state index contributed by atoms with van der Waals surface area (Å²) < 4.78 is 5.27. The van der Waals surface area contributed by atoms with Crippen LogP contribution in [0.1, 0.15) is 18.1 Å². The molecule has 0 radical (unpaired) electrons. The predicted octanol–water partition coefficient (Wildman–Crippen LogP) is 2.47. The van der Waals surface area contributed by atoms with Gasteiger partial charge in [-0.25, -0.2) is 4.79 Å². The van der Waals surface area contributed by atoms with E-state index < -0.39 is 6.04 Å². The largest absolute Gasteiger partial charge is 0.496 e. The number of hydrogen-bond acceptors (Lipinski definition) is 3. The van der Waals surface area contributed by atoms with Gasteiger partial charge in [0.2, 0.25) is 5.91 Å². The van der Waals surface area contributed by atoms with Crippen LogP contribution in [0.3, 0.4) is 0 Å². The quantitative estimate of drug-likeness (QED) is 0.867. The lowest BCUT2D eigenvalue weighted by molar-refractivity contribution is -0.119. The van der Waals surface area contributed by atoms with E-state index in [1.807, 2.05) is 48.5 Å². The first-order chi connectivity index (χ1) is 12.6. The number of ether oxygens (including phenoxy) is 1. The van der Waals surface area contributed by atoms with Crippen LogP contribution >= 0.6 is 0 Å². The molecule has 2 aromatic carbocycles. The maximum atomic E-state index is 12.7. The molecule has 1 unspecified atom stereocenters. The first kappa shape index (κ1) is 17.8. The molecule has 6 nitrogen and oxygen atoms in total. The molecule has 1 atom stereocenters. The number of rotatable bonds is 5. The SMILES string of the molecule is COc1ccccc1CNC(=O)NC(C)C(=O)N1CCc2ccccc21. The number of carbonyl (C=O) groups is 2. The second-order valence-corrected chi connectivity index (χ2v) is 6.23. The fraction of sp³-hybridized carbons (Fsp3) is 0.300. The predicted molar refractivity (Wildman–Crippen MR) is 100 cm³/mol. The monoisotopic (exact) mass is 353 g/mol. The Hall–Kier alpha value is -3.02. The highest BCUT2D eigenvalue weighted by molar-refractivity contribution is 6.00. The van der Waals surface area contributed by atoms with E-state index >= 15 is 0 Å². The maximum Gasteiger partial charge on any atom is 0.315 e. The lowest BCUT2D eigenvalue weighted by Gasteiger charge is -2.22. The van der Waals surface area contributed by atoms with E-state index in [9.17, 15) is 9.59 Å². The number of hydrogen-bond donors (Lipinski definition) is 2. The van der Waals surface area contributed by atoms with Crippen molar-refractivity contribution < 1.29 is 14.3 Å². The third kappa shape index (κ3) is 3.79. The van der Waals surface area contributed by atoms with E-state index in [4.69, 9.17) is 4.74 Å². The second kappa shape index (κ2) is 7.91. The van der Waals surface area contributed by atoms with Gasteiger partial charge in [-0.1, -0.05) is 36.4 Å². The summed E-state index contributed by atoms with van der Waals surface area (Å²) in [6.07, 6.45) is 0.842. The third-order valence-corrected chi connectivity index (χ3v) is 4.50. The van der Waals surface area contributed by atoms with Crippen molar-refractivity contribution >= 4 is 17.6 Å². The van der Waals surface area contributed by atoms with Gasteiger partial charge in [0, 0.05) is 24.3 Å². The Morgan fingerprint density at radius 2 is 1.88 bits per heavy atom. The minimum Gasteiger partial charge on any atom is -0.496 e. The molecular weight excluding hydrogens is 330 g/mol. The molecule has 3 rings (SSSR count). The highest BCUT2D eigenvalue weighted by Crippen LogP contribution is 2.27. The summed E-state index contributed by atoms with van der Waals surface area (Å²) in [5.41, 5.74) is 2.96. The normalized spacial score (nSPS) is 13.7. The average Bonchev–Trinajstić information content (AvgIpc) is 3.10. The average molecular weight is 353 g/mol. The number of para-hydroxylation sites is 2. The van der Waals surface area contributed by atoms with E-state index in [0.29, 0.717) is 18.8 Å². The van der Waals surface area contributed by atoms with Gasteiger partial charge in [-0.2, -0.15) is 0 Å². The molecule has 136 valence electrons. The number of carbonyl (C=O) groups excluding carboxylic acids is 2. The minimum absolute atomic E-state index is 0.109. The first-order valence-electron chi connectivity index (χ1n) is 8.65. The van der Waals surface area contributed by atoms with E-state index in [2.05, 4.69) is 10.6 Å². The van der Waals surface area contributed by atoms with Crippen molar-refractivity contribution in [3.8, 4) is 5.75 Å². The highest BCUT2D eigenvalue weighted by atomic mass is 16.5. The molecule has 0 aliphatic carbocycles. The van der Waals surface area contributed by atoms with Crippen molar-refractivity contribution in [3.63, 3.8) is 0 Å². The molecule has 26 heavy (non-hydrogen) atoms. The van der Waals surface area contributed by atoms with Gasteiger partial charge in [0.15, 0.2) is 0 Å². The maximum absolute atomic E-state index is 12.7. The number of fused-ring (bicyclic) bond motifs is 1. The topological polar surface area (TPSA) is 70.7 Å². The zero-order valence-electron chi connectivity index (χ0n) is 15.0. The molecule has 1 heterocycles. The van der Waals surface area contributed by atoms with Crippen LogP contribution in [0.5, 0.6) is 5.75 Å². The summed E-state index contributed by atoms with van der Waals surface area (Å²) in [7, 11) is 1.59. The number of methoxy groups -OCH3 is 1. The number of nitrogens with one attached hydrogen (secondary N) is 2. The fourth-order valence-corrected chi connectivity index (χ4v) is 3.13. The first-order valence-corrected chi connectivity index (χ1v) is 8.65. The number of amides is 3. The standard InChI is InChI=1S/C20H23N3O3/c1-14(19(24)23-12-11-15-7-3-5-9-17(15)23)22-20(25)21-13-16-8-4-6-10-18(16)26-2/h3-10,14H,11-13H2,1-2H3,(H2,21,22,25). The van der Waals surface area contributed by atoms with Crippen LogP contribution in [0.25, 0.3) is 0 Å². The Balaban J connectivity index is 1.55. The van der Waals surface area contributed by atoms with Crippen LogP contribution in [0.15, 0.2) is 48.5 Å².